The first-order chi connectivity index (χ1) is 28.3. The molecule has 0 aliphatic carbocycles. The number of fused-ring (bicyclic) bond motifs is 11. The van der Waals surface area contributed by atoms with Crippen LogP contribution in [0, 0.1) is 0 Å². The average Bonchev–Trinajstić information content (AvgIpc) is 3.86. The largest absolute Gasteiger partial charge is 0.455 e. The number of furan rings is 2. The summed E-state index contributed by atoms with van der Waals surface area (Å²) in [4.78, 5) is 2.34. The molecule has 0 saturated heterocycles. The fraction of sp³-hybridized carbons (Fsp3) is 0. The fourth-order valence-corrected chi connectivity index (χ4v) is 8.95. The molecule has 3 nitrogen and oxygen atoms in total. The van der Waals surface area contributed by atoms with E-state index in [0.717, 1.165) is 88.4 Å². The maximum absolute atomic E-state index is 6.89. The third-order valence-electron chi connectivity index (χ3n) is 11.7. The van der Waals surface area contributed by atoms with Gasteiger partial charge in [0.15, 0.2) is 5.58 Å². The van der Waals surface area contributed by atoms with E-state index in [9.17, 15) is 0 Å². The van der Waals surface area contributed by atoms with E-state index in [1.54, 1.807) is 0 Å². The second kappa shape index (κ2) is 12.5. The minimum Gasteiger partial charge on any atom is -0.455 e. The Morgan fingerprint density at radius 3 is 1.74 bits per heavy atom. The van der Waals surface area contributed by atoms with Crippen molar-refractivity contribution >= 4 is 93.3 Å². The predicted molar refractivity (Wildman–Crippen MR) is 239 cm³/mol. The zero-order chi connectivity index (χ0) is 37.5. The molecule has 0 unspecified atom stereocenters. The highest BCUT2D eigenvalue weighted by Crippen LogP contribution is 2.48. The summed E-state index contributed by atoms with van der Waals surface area (Å²) in [5.74, 6) is 0. The first-order valence-corrected chi connectivity index (χ1v) is 19.4. The Morgan fingerprint density at radius 1 is 0.298 bits per heavy atom. The number of rotatable bonds is 5. The Labute approximate surface area is 328 Å². The van der Waals surface area contributed by atoms with Crippen molar-refractivity contribution in [2.75, 3.05) is 4.90 Å². The Bertz CT molecular complexity index is 3530. The molecule has 12 aromatic rings. The zero-order valence-corrected chi connectivity index (χ0v) is 30.8. The van der Waals surface area contributed by atoms with E-state index in [0.29, 0.717) is 0 Å². The SMILES string of the molecule is c1ccc(N(c2ccc(-c3ccc4c(ccc5ccccc54)c3)cc2)c2cccc3c2oc2ccccc23)c(-c2cccc3c2oc2c4ccccc4ccc32)c1. The molecule has 0 bridgehead atoms. The van der Waals surface area contributed by atoms with Gasteiger partial charge in [-0.15, -0.1) is 0 Å². The van der Waals surface area contributed by atoms with Crippen molar-refractivity contribution in [1.82, 2.24) is 0 Å². The van der Waals surface area contributed by atoms with Crippen LogP contribution in [0.15, 0.2) is 209 Å². The molecule has 57 heavy (non-hydrogen) atoms. The van der Waals surface area contributed by atoms with Crippen molar-refractivity contribution < 1.29 is 8.83 Å². The molecule has 12 rings (SSSR count). The molecule has 0 N–H and O–H groups in total. The van der Waals surface area contributed by atoms with E-state index in [2.05, 4.69) is 193 Å². The smallest absolute Gasteiger partial charge is 0.159 e. The predicted octanol–water partition coefficient (Wildman–Crippen LogP) is 15.7. The zero-order valence-electron chi connectivity index (χ0n) is 30.8. The van der Waals surface area contributed by atoms with Gasteiger partial charge >= 0.3 is 0 Å². The topological polar surface area (TPSA) is 29.5 Å². The molecule has 266 valence electrons. The maximum Gasteiger partial charge on any atom is 0.159 e. The molecule has 3 heteroatoms. The summed E-state index contributed by atoms with van der Waals surface area (Å²) in [5, 5.41) is 11.7. The van der Waals surface area contributed by atoms with Crippen LogP contribution in [-0.4, -0.2) is 0 Å². The van der Waals surface area contributed by atoms with E-state index in [1.165, 1.54) is 27.1 Å². The number of benzene rings is 10. The molecule has 2 aromatic heterocycles. The lowest BCUT2D eigenvalue weighted by molar-refractivity contribution is 0.669. The fourth-order valence-electron chi connectivity index (χ4n) is 8.95. The van der Waals surface area contributed by atoms with Crippen molar-refractivity contribution in [3.05, 3.63) is 200 Å². The van der Waals surface area contributed by atoms with E-state index in [4.69, 9.17) is 8.83 Å². The van der Waals surface area contributed by atoms with Crippen LogP contribution in [0.1, 0.15) is 0 Å². The van der Waals surface area contributed by atoms with Gasteiger partial charge in [-0.1, -0.05) is 158 Å². The van der Waals surface area contributed by atoms with Crippen LogP contribution >= 0.6 is 0 Å². The van der Waals surface area contributed by atoms with Gasteiger partial charge in [-0.25, -0.2) is 0 Å². The first-order valence-electron chi connectivity index (χ1n) is 19.4. The molecule has 0 radical (unpaired) electrons. The second-order valence-electron chi connectivity index (χ2n) is 14.8. The Hall–Kier alpha value is -7.62. The van der Waals surface area contributed by atoms with Crippen molar-refractivity contribution in [1.29, 1.82) is 0 Å². The average molecular weight is 728 g/mol. The summed E-state index contributed by atoms with van der Waals surface area (Å²) in [5.41, 5.74) is 10.9. The van der Waals surface area contributed by atoms with Gasteiger partial charge in [-0.05, 0) is 80.5 Å². The third kappa shape index (κ3) is 4.92. The molecular formula is C54H33NO2. The van der Waals surface area contributed by atoms with Gasteiger partial charge < -0.3 is 13.7 Å². The van der Waals surface area contributed by atoms with Crippen LogP contribution < -0.4 is 4.90 Å². The van der Waals surface area contributed by atoms with Gasteiger partial charge in [-0.3, -0.25) is 0 Å². The van der Waals surface area contributed by atoms with Crippen molar-refractivity contribution in [2.24, 2.45) is 0 Å². The minimum atomic E-state index is 0.841. The van der Waals surface area contributed by atoms with Crippen molar-refractivity contribution in [3.8, 4) is 22.3 Å². The van der Waals surface area contributed by atoms with Crippen LogP contribution in [0.2, 0.25) is 0 Å². The van der Waals surface area contributed by atoms with Crippen LogP contribution in [0.25, 0.3) is 98.4 Å². The van der Waals surface area contributed by atoms with Gasteiger partial charge in [0.1, 0.15) is 16.7 Å². The van der Waals surface area contributed by atoms with Crippen LogP contribution in [-0.2, 0) is 0 Å². The highest BCUT2D eigenvalue weighted by Gasteiger charge is 2.24. The molecule has 0 aliphatic rings. The van der Waals surface area contributed by atoms with E-state index >= 15 is 0 Å². The highest BCUT2D eigenvalue weighted by atomic mass is 16.3. The molecule has 0 spiro atoms. The van der Waals surface area contributed by atoms with Gasteiger partial charge in [0, 0.05) is 43.7 Å². The molecule has 2 heterocycles. The second-order valence-corrected chi connectivity index (χ2v) is 14.8. The number of hydrogen-bond donors (Lipinski definition) is 0. The summed E-state index contributed by atoms with van der Waals surface area (Å²) in [6, 6.07) is 71.4. The van der Waals surface area contributed by atoms with E-state index < -0.39 is 0 Å². The van der Waals surface area contributed by atoms with E-state index in [-0.39, 0.29) is 0 Å². The first kappa shape index (κ1) is 31.7. The molecule has 0 amide bonds. The lowest BCUT2D eigenvalue weighted by Crippen LogP contribution is -2.11. The Balaban J connectivity index is 1.06. The molecule has 0 aliphatic heterocycles. The summed E-state index contributed by atoms with van der Waals surface area (Å²) in [6.45, 7) is 0. The number of anilines is 3. The van der Waals surface area contributed by atoms with Gasteiger partial charge in [0.25, 0.3) is 0 Å². The van der Waals surface area contributed by atoms with Crippen LogP contribution in [0.4, 0.5) is 17.1 Å². The summed E-state index contributed by atoms with van der Waals surface area (Å²) < 4.78 is 13.6. The monoisotopic (exact) mass is 727 g/mol. The van der Waals surface area contributed by atoms with Crippen molar-refractivity contribution in [3.63, 3.8) is 0 Å². The molecule has 10 aromatic carbocycles. The lowest BCUT2D eigenvalue weighted by atomic mass is 9.97. The number of nitrogens with zero attached hydrogens (tertiary/aromatic N) is 1. The van der Waals surface area contributed by atoms with E-state index in [1.807, 2.05) is 12.1 Å². The Morgan fingerprint density at radius 2 is 0.860 bits per heavy atom. The standard InChI is InChI=1S/C54H33NO2/c1-3-13-40-35(11-1)23-24-38-33-37(28-31-41(38)40)34-25-29-39(30-26-34)55(50-21-10-19-46-44-16-6-8-22-51(44)56-54(46)50)49-20-7-5-15-43(49)45-17-9-18-47-48-32-27-36-12-2-4-14-42(36)52(48)57-53(45)47/h1-33H. The van der Waals surface area contributed by atoms with Gasteiger partial charge in [0.05, 0.1) is 11.4 Å². The normalized spacial score (nSPS) is 11.9. The highest BCUT2D eigenvalue weighted by molar-refractivity contribution is 6.18. The van der Waals surface area contributed by atoms with Crippen LogP contribution in [0.5, 0.6) is 0 Å². The quantitative estimate of drug-likeness (QED) is 0.165. The summed E-state index contributed by atoms with van der Waals surface area (Å²) in [6.07, 6.45) is 0. The number of para-hydroxylation sites is 4. The molecular weight excluding hydrogens is 695 g/mol. The Kier molecular flexibility index (Phi) is 6.93. The lowest BCUT2D eigenvalue weighted by Gasteiger charge is -2.28. The molecule has 0 atom stereocenters. The third-order valence-corrected chi connectivity index (χ3v) is 11.7. The van der Waals surface area contributed by atoms with Gasteiger partial charge in [0.2, 0.25) is 0 Å². The maximum atomic E-state index is 6.89. The van der Waals surface area contributed by atoms with Crippen molar-refractivity contribution in [2.45, 2.75) is 0 Å². The summed E-state index contributed by atoms with van der Waals surface area (Å²) >= 11 is 0. The van der Waals surface area contributed by atoms with Crippen LogP contribution in [0.3, 0.4) is 0 Å². The number of hydrogen-bond acceptors (Lipinski definition) is 3. The van der Waals surface area contributed by atoms with Gasteiger partial charge in [-0.2, -0.15) is 0 Å². The molecule has 0 saturated carbocycles. The summed E-state index contributed by atoms with van der Waals surface area (Å²) in [7, 11) is 0. The molecule has 0 fully saturated rings. The minimum absolute atomic E-state index is 0.841.